The van der Waals surface area contributed by atoms with Gasteiger partial charge in [0.15, 0.2) is 0 Å². The number of benzene rings is 2. The van der Waals surface area contributed by atoms with Crippen LogP contribution in [0.25, 0.3) is 0 Å². The van der Waals surface area contributed by atoms with E-state index in [4.69, 9.17) is 11.6 Å². The first-order valence-corrected chi connectivity index (χ1v) is 10.1. The second-order valence-electron chi connectivity index (χ2n) is 7.59. The fourth-order valence-electron chi connectivity index (χ4n) is 3.35. The molecule has 3 rings (SSSR count). The quantitative estimate of drug-likeness (QED) is 0.501. The molecule has 0 radical (unpaired) electrons. The first-order valence-electron chi connectivity index (χ1n) is 9.71. The number of halogens is 1. The van der Waals surface area contributed by atoms with Crippen molar-refractivity contribution in [2.75, 3.05) is 6.54 Å². The molecule has 3 aromatic rings. The van der Waals surface area contributed by atoms with Crippen molar-refractivity contribution in [1.82, 2.24) is 9.47 Å². The number of aromatic nitrogens is 1. The fourth-order valence-corrected chi connectivity index (χ4v) is 3.57. The normalized spacial score (nSPS) is 11.0. The van der Waals surface area contributed by atoms with Crippen LogP contribution in [0.1, 0.15) is 30.7 Å². The Morgan fingerprint density at radius 2 is 1.75 bits per heavy atom. The minimum Gasteiger partial charge on any atom is -0.345 e. The van der Waals surface area contributed by atoms with Gasteiger partial charge in [0.1, 0.15) is 0 Å². The van der Waals surface area contributed by atoms with Crippen molar-refractivity contribution >= 4 is 17.5 Å². The van der Waals surface area contributed by atoms with Gasteiger partial charge in [-0.3, -0.25) is 4.79 Å². The molecule has 0 saturated heterocycles. The summed E-state index contributed by atoms with van der Waals surface area (Å²) in [6, 6.07) is 22.0. The van der Waals surface area contributed by atoms with Crippen molar-refractivity contribution < 1.29 is 4.79 Å². The molecule has 0 aliphatic heterocycles. The molecule has 3 nitrogen and oxygen atoms in total. The molecule has 0 bridgehead atoms. The maximum atomic E-state index is 13.0. The Kier molecular flexibility index (Phi) is 6.94. The number of hydrogen-bond donors (Lipinski definition) is 0. The summed E-state index contributed by atoms with van der Waals surface area (Å²) in [4.78, 5) is 15.0. The third-order valence-electron chi connectivity index (χ3n) is 4.65. The summed E-state index contributed by atoms with van der Waals surface area (Å²) in [5, 5.41) is 0.741. The van der Waals surface area contributed by atoms with Gasteiger partial charge in [0.05, 0.1) is 13.0 Å². The monoisotopic (exact) mass is 394 g/mol. The summed E-state index contributed by atoms with van der Waals surface area (Å²) in [5.41, 5.74) is 3.33. The van der Waals surface area contributed by atoms with Crippen molar-refractivity contribution in [2.24, 2.45) is 5.92 Å². The second-order valence-corrected chi connectivity index (χ2v) is 8.02. The molecule has 4 heteroatoms. The van der Waals surface area contributed by atoms with Crippen LogP contribution in [0.4, 0.5) is 0 Å². The molecule has 2 aromatic carbocycles. The van der Waals surface area contributed by atoms with Crippen molar-refractivity contribution in [2.45, 2.75) is 33.4 Å². The van der Waals surface area contributed by atoms with E-state index in [9.17, 15) is 4.79 Å². The molecule has 0 saturated carbocycles. The smallest absolute Gasteiger partial charge is 0.227 e. The first kappa shape index (κ1) is 20.2. The maximum Gasteiger partial charge on any atom is 0.227 e. The Morgan fingerprint density at radius 1 is 1.00 bits per heavy atom. The Balaban J connectivity index is 1.74. The lowest BCUT2D eigenvalue weighted by molar-refractivity contribution is -0.131. The lowest BCUT2D eigenvalue weighted by Gasteiger charge is -2.25. The van der Waals surface area contributed by atoms with Gasteiger partial charge in [-0.05, 0) is 41.3 Å². The highest BCUT2D eigenvalue weighted by atomic mass is 35.5. The Morgan fingerprint density at radius 3 is 2.46 bits per heavy atom. The highest BCUT2D eigenvalue weighted by Gasteiger charge is 2.17. The summed E-state index contributed by atoms with van der Waals surface area (Å²) >= 11 is 6.12. The number of nitrogens with zero attached hydrogens (tertiary/aromatic N) is 2. The van der Waals surface area contributed by atoms with Crippen molar-refractivity contribution in [3.63, 3.8) is 0 Å². The molecule has 0 atom stereocenters. The van der Waals surface area contributed by atoms with Gasteiger partial charge in [0.2, 0.25) is 5.91 Å². The van der Waals surface area contributed by atoms with Gasteiger partial charge in [0.25, 0.3) is 0 Å². The van der Waals surface area contributed by atoms with Crippen LogP contribution in [-0.2, 0) is 24.3 Å². The molecular weight excluding hydrogens is 368 g/mol. The third-order valence-corrected chi connectivity index (χ3v) is 4.89. The van der Waals surface area contributed by atoms with E-state index >= 15 is 0 Å². The SMILES string of the molecule is CC(C)CN(Cc1cccn1Cc1cccc(Cl)c1)C(=O)Cc1ccccc1. The van der Waals surface area contributed by atoms with E-state index in [1.807, 2.05) is 59.5 Å². The standard InChI is InChI=1S/C24H27ClN2O/c1-19(2)16-27(24(28)15-20-8-4-3-5-9-20)18-23-12-7-13-26(23)17-21-10-6-11-22(25)14-21/h3-14,19H,15-18H2,1-2H3. The highest BCUT2D eigenvalue weighted by molar-refractivity contribution is 6.30. The number of amides is 1. The van der Waals surface area contributed by atoms with Gasteiger partial charge in [-0.1, -0.05) is 67.9 Å². The van der Waals surface area contributed by atoms with Gasteiger partial charge in [-0.25, -0.2) is 0 Å². The summed E-state index contributed by atoms with van der Waals surface area (Å²) in [5.74, 6) is 0.575. The molecule has 1 amide bonds. The van der Waals surface area contributed by atoms with Gasteiger partial charge in [0, 0.05) is 30.0 Å². The van der Waals surface area contributed by atoms with Crippen LogP contribution >= 0.6 is 11.6 Å². The molecule has 146 valence electrons. The van der Waals surface area contributed by atoms with Crippen molar-refractivity contribution in [3.8, 4) is 0 Å². The minimum absolute atomic E-state index is 0.162. The zero-order valence-electron chi connectivity index (χ0n) is 16.5. The Bertz CT molecular complexity index is 902. The summed E-state index contributed by atoms with van der Waals surface area (Å²) in [6.07, 6.45) is 2.49. The Hall–Kier alpha value is -2.52. The van der Waals surface area contributed by atoms with Crippen LogP contribution in [0, 0.1) is 5.92 Å². The summed E-state index contributed by atoms with van der Waals surface area (Å²) < 4.78 is 2.19. The lowest BCUT2D eigenvalue weighted by Crippen LogP contribution is -2.35. The van der Waals surface area contributed by atoms with Crippen LogP contribution in [-0.4, -0.2) is 21.9 Å². The molecule has 0 N–H and O–H groups in total. The minimum atomic E-state index is 0.162. The van der Waals surface area contributed by atoms with Gasteiger partial charge < -0.3 is 9.47 Å². The van der Waals surface area contributed by atoms with Crippen molar-refractivity contribution in [3.05, 3.63) is 94.8 Å². The van der Waals surface area contributed by atoms with E-state index < -0.39 is 0 Å². The Labute approximate surface area is 172 Å². The number of carbonyl (C=O) groups excluding carboxylic acids is 1. The van der Waals surface area contributed by atoms with Gasteiger partial charge in [-0.15, -0.1) is 0 Å². The average Bonchev–Trinajstić information content (AvgIpc) is 3.08. The van der Waals surface area contributed by atoms with Crippen LogP contribution in [0.3, 0.4) is 0 Å². The predicted molar refractivity (Wildman–Crippen MR) is 115 cm³/mol. The van der Waals surface area contributed by atoms with Crippen LogP contribution in [0.2, 0.25) is 5.02 Å². The molecule has 1 heterocycles. The zero-order chi connectivity index (χ0) is 19.9. The molecular formula is C24H27ClN2O. The van der Waals surface area contributed by atoms with Crippen LogP contribution in [0.15, 0.2) is 72.9 Å². The molecule has 28 heavy (non-hydrogen) atoms. The lowest BCUT2D eigenvalue weighted by atomic mass is 10.1. The molecule has 0 aliphatic rings. The van der Waals surface area contributed by atoms with E-state index in [-0.39, 0.29) is 5.91 Å². The van der Waals surface area contributed by atoms with E-state index in [0.29, 0.717) is 18.9 Å². The largest absolute Gasteiger partial charge is 0.345 e. The van der Waals surface area contributed by atoms with Crippen molar-refractivity contribution in [1.29, 1.82) is 0 Å². The topological polar surface area (TPSA) is 25.2 Å². The van der Waals surface area contributed by atoms with Crippen LogP contribution < -0.4 is 0 Å². The molecule has 0 fully saturated rings. The first-order chi connectivity index (χ1) is 13.5. The number of hydrogen-bond acceptors (Lipinski definition) is 1. The van der Waals surface area contributed by atoms with E-state index in [1.165, 1.54) is 0 Å². The molecule has 1 aromatic heterocycles. The maximum absolute atomic E-state index is 13.0. The predicted octanol–water partition coefficient (Wildman–Crippen LogP) is 5.42. The van der Waals surface area contributed by atoms with E-state index in [1.54, 1.807) is 0 Å². The van der Waals surface area contributed by atoms with E-state index in [2.05, 4.69) is 36.7 Å². The summed E-state index contributed by atoms with van der Waals surface area (Å²) in [7, 11) is 0. The zero-order valence-corrected chi connectivity index (χ0v) is 17.3. The molecule has 0 spiro atoms. The van der Waals surface area contributed by atoms with E-state index in [0.717, 1.165) is 34.9 Å². The molecule has 0 aliphatic carbocycles. The third kappa shape index (κ3) is 5.74. The van der Waals surface area contributed by atoms with Gasteiger partial charge in [-0.2, -0.15) is 0 Å². The fraction of sp³-hybridized carbons (Fsp3) is 0.292. The number of rotatable bonds is 8. The highest BCUT2D eigenvalue weighted by Crippen LogP contribution is 2.16. The summed E-state index contributed by atoms with van der Waals surface area (Å²) in [6.45, 7) is 6.39. The number of carbonyl (C=O) groups is 1. The molecule has 0 unspecified atom stereocenters. The second kappa shape index (κ2) is 9.61. The van der Waals surface area contributed by atoms with Crippen LogP contribution in [0.5, 0.6) is 0 Å². The average molecular weight is 395 g/mol. The van der Waals surface area contributed by atoms with Gasteiger partial charge >= 0.3 is 0 Å².